The Morgan fingerprint density at radius 3 is 2.88 bits per heavy atom. The molecular weight excluding hydrogens is 354 g/mol. The van der Waals surface area contributed by atoms with Gasteiger partial charge < -0.3 is 9.47 Å². The van der Waals surface area contributed by atoms with Gasteiger partial charge in [-0.25, -0.2) is 4.98 Å². The lowest BCUT2D eigenvalue weighted by molar-refractivity contribution is -0.145. The molecule has 3 rings (SSSR count). The number of hydrogen-bond acceptors (Lipinski definition) is 7. The number of rotatable bonds is 7. The van der Waals surface area contributed by atoms with Crippen molar-refractivity contribution in [1.82, 2.24) is 14.6 Å². The minimum Gasteiger partial charge on any atom is -0.493 e. The van der Waals surface area contributed by atoms with Crippen LogP contribution in [-0.4, -0.2) is 27.2 Å². The van der Waals surface area contributed by atoms with Crippen LogP contribution >= 0.6 is 11.3 Å². The van der Waals surface area contributed by atoms with Gasteiger partial charge >= 0.3 is 5.97 Å². The van der Waals surface area contributed by atoms with E-state index in [4.69, 9.17) is 9.47 Å². The highest BCUT2D eigenvalue weighted by molar-refractivity contribution is 7.16. The molecule has 0 amide bonds. The van der Waals surface area contributed by atoms with Gasteiger partial charge in [0.05, 0.1) is 18.7 Å². The van der Waals surface area contributed by atoms with Gasteiger partial charge in [0.25, 0.3) is 5.56 Å². The summed E-state index contributed by atoms with van der Waals surface area (Å²) in [6.07, 6.45) is 0.856. The number of para-hydroxylation sites is 1. The summed E-state index contributed by atoms with van der Waals surface area (Å²) in [7, 11) is 0. The molecule has 0 aliphatic rings. The number of hydrogen-bond donors (Lipinski definition) is 0. The van der Waals surface area contributed by atoms with E-state index < -0.39 is 5.97 Å². The highest BCUT2D eigenvalue weighted by Crippen LogP contribution is 2.16. The molecular formula is C18H19N3O4S. The fraction of sp³-hybridized carbons (Fsp3) is 0.333. The Labute approximate surface area is 154 Å². The number of benzene rings is 1. The van der Waals surface area contributed by atoms with Crippen molar-refractivity contribution < 1.29 is 14.3 Å². The standard InChI is InChI=1S/C18H19N3O4S/c1-3-15-20-21-16(22)10-13(19-18(21)26-15)11-25-17(23)8-9-24-14-7-5-4-6-12(14)2/h4-7,10H,3,8-9,11H2,1-2H3. The number of carbonyl (C=O) groups is 1. The normalized spacial score (nSPS) is 10.8. The maximum atomic E-state index is 12.0. The summed E-state index contributed by atoms with van der Waals surface area (Å²) in [6, 6.07) is 8.94. The fourth-order valence-corrected chi connectivity index (χ4v) is 3.16. The Hall–Kier alpha value is -2.74. The molecule has 1 aromatic carbocycles. The zero-order chi connectivity index (χ0) is 18.5. The van der Waals surface area contributed by atoms with Crippen LogP contribution in [0.1, 0.15) is 29.6 Å². The van der Waals surface area contributed by atoms with Crippen molar-refractivity contribution in [2.75, 3.05) is 6.61 Å². The summed E-state index contributed by atoms with van der Waals surface area (Å²) >= 11 is 1.35. The first-order chi connectivity index (χ1) is 12.6. The third-order valence-electron chi connectivity index (χ3n) is 3.68. The monoisotopic (exact) mass is 373 g/mol. The third kappa shape index (κ3) is 4.26. The SMILES string of the molecule is CCc1nn2c(=O)cc(COC(=O)CCOc3ccccc3C)nc2s1. The predicted molar refractivity (Wildman–Crippen MR) is 97.6 cm³/mol. The summed E-state index contributed by atoms with van der Waals surface area (Å²) in [5.74, 6) is 0.344. The van der Waals surface area contributed by atoms with Crippen LogP contribution in [0, 0.1) is 6.92 Å². The lowest BCUT2D eigenvalue weighted by Crippen LogP contribution is -2.17. The van der Waals surface area contributed by atoms with Crippen molar-refractivity contribution >= 4 is 22.3 Å². The molecule has 0 saturated carbocycles. The van der Waals surface area contributed by atoms with Gasteiger partial charge in [0, 0.05) is 6.07 Å². The summed E-state index contributed by atoms with van der Waals surface area (Å²) in [6.45, 7) is 4.09. The molecule has 8 heteroatoms. The van der Waals surface area contributed by atoms with Crippen molar-refractivity contribution in [2.45, 2.75) is 33.3 Å². The Kier molecular flexibility index (Phi) is 5.62. The molecule has 0 atom stereocenters. The molecule has 136 valence electrons. The van der Waals surface area contributed by atoms with Crippen molar-refractivity contribution in [3.8, 4) is 5.75 Å². The maximum absolute atomic E-state index is 12.0. The first-order valence-electron chi connectivity index (χ1n) is 8.29. The molecule has 0 bridgehead atoms. The van der Waals surface area contributed by atoms with Crippen LogP contribution in [-0.2, 0) is 22.6 Å². The van der Waals surface area contributed by atoms with Gasteiger partial charge in [-0.2, -0.15) is 9.61 Å². The molecule has 0 spiro atoms. The molecule has 2 heterocycles. The topological polar surface area (TPSA) is 82.8 Å². The second-order valence-electron chi connectivity index (χ2n) is 5.65. The molecule has 7 nitrogen and oxygen atoms in total. The van der Waals surface area contributed by atoms with Gasteiger partial charge in [0.1, 0.15) is 17.4 Å². The number of ether oxygens (including phenoxy) is 2. The van der Waals surface area contributed by atoms with Crippen molar-refractivity contribution in [1.29, 1.82) is 0 Å². The molecule has 26 heavy (non-hydrogen) atoms. The van der Waals surface area contributed by atoms with E-state index >= 15 is 0 Å². The number of nitrogens with zero attached hydrogens (tertiary/aromatic N) is 3. The smallest absolute Gasteiger partial charge is 0.309 e. The second-order valence-corrected chi connectivity index (χ2v) is 6.69. The van der Waals surface area contributed by atoms with Crippen LogP contribution in [0.2, 0.25) is 0 Å². The van der Waals surface area contributed by atoms with Gasteiger partial charge in [-0.3, -0.25) is 9.59 Å². The molecule has 0 fully saturated rings. The van der Waals surface area contributed by atoms with Gasteiger partial charge in [0.2, 0.25) is 4.96 Å². The summed E-state index contributed by atoms with van der Waals surface area (Å²) in [5.41, 5.74) is 1.14. The first kappa shape index (κ1) is 18.1. The van der Waals surface area contributed by atoms with Crippen LogP contribution in [0.4, 0.5) is 0 Å². The van der Waals surface area contributed by atoms with E-state index in [-0.39, 0.29) is 25.2 Å². The molecule has 3 aromatic rings. The van der Waals surface area contributed by atoms with E-state index in [0.717, 1.165) is 22.7 Å². The molecule has 0 unspecified atom stereocenters. The molecule has 0 radical (unpaired) electrons. The lowest BCUT2D eigenvalue weighted by Gasteiger charge is -2.08. The summed E-state index contributed by atoms with van der Waals surface area (Å²) in [4.78, 5) is 28.7. The molecule has 0 saturated heterocycles. The average molecular weight is 373 g/mol. The van der Waals surface area contributed by atoms with Crippen LogP contribution in [0.3, 0.4) is 0 Å². The zero-order valence-corrected chi connectivity index (χ0v) is 15.4. The first-order valence-corrected chi connectivity index (χ1v) is 9.11. The Balaban J connectivity index is 1.53. The Morgan fingerprint density at radius 1 is 1.31 bits per heavy atom. The largest absolute Gasteiger partial charge is 0.493 e. The van der Waals surface area contributed by atoms with Crippen LogP contribution < -0.4 is 10.3 Å². The van der Waals surface area contributed by atoms with E-state index in [0.29, 0.717) is 10.7 Å². The summed E-state index contributed by atoms with van der Waals surface area (Å²) in [5, 5.41) is 5.01. The second kappa shape index (κ2) is 8.09. The Bertz CT molecular complexity index is 980. The van der Waals surface area contributed by atoms with E-state index in [2.05, 4.69) is 10.1 Å². The maximum Gasteiger partial charge on any atom is 0.309 e. The number of esters is 1. The zero-order valence-electron chi connectivity index (χ0n) is 14.6. The number of aromatic nitrogens is 3. The average Bonchev–Trinajstić information content (AvgIpc) is 3.05. The van der Waals surface area contributed by atoms with E-state index in [1.807, 2.05) is 38.1 Å². The van der Waals surface area contributed by atoms with Crippen LogP contribution in [0.5, 0.6) is 5.75 Å². The van der Waals surface area contributed by atoms with Gasteiger partial charge in [-0.05, 0) is 25.0 Å². The number of aryl methyl sites for hydroxylation is 2. The third-order valence-corrected chi connectivity index (χ3v) is 4.73. The molecule has 0 aliphatic carbocycles. The lowest BCUT2D eigenvalue weighted by atomic mass is 10.2. The number of carbonyl (C=O) groups excluding carboxylic acids is 1. The highest BCUT2D eigenvalue weighted by atomic mass is 32.1. The predicted octanol–water partition coefficient (Wildman–Crippen LogP) is 2.53. The fourth-order valence-electron chi connectivity index (χ4n) is 2.30. The van der Waals surface area contributed by atoms with Crippen LogP contribution in [0.25, 0.3) is 4.96 Å². The minimum atomic E-state index is -0.404. The molecule has 2 aromatic heterocycles. The quantitative estimate of drug-likeness (QED) is 0.592. The molecule has 0 N–H and O–H groups in total. The summed E-state index contributed by atoms with van der Waals surface area (Å²) < 4.78 is 12.0. The molecule has 0 aliphatic heterocycles. The van der Waals surface area contributed by atoms with Crippen LogP contribution in [0.15, 0.2) is 35.1 Å². The van der Waals surface area contributed by atoms with Crippen molar-refractivity contribution in [3.05, 3.63) is 57.0 Å². The van der Waals surface area contributed by atoms with Gasteiger partial charge in [0.15, 0.2) is 0 Å². The van der Waals surface area contributed by atoms with Crippen molar-refractivity contribution in [2.24, 2.45) is 0 Å². The van der Waals surface area contributed by atoms with Crippen molar-refractivity contribution in [3.63, 3.8) is 0 Å². The van der Waals surface area contributed by atoms with E-state index in [1.165, 1.54) is 21.9 Å². The minimum absolute atomic E-state index is 0.0473. The van der Waals surface area contributed by atoms with Gasteiger partial charge in [-0.15, -0.1) is 0 Å². The van der Waals surface area contributed by atoms with E-state index in [1.54, 1.807) is 0 Å². The number of fused-ring (bicyclic) bond motifs is 1. The Morgan fingerprint density at radius 2 is 2.12 bits per heavy atom. The van der Waals surface area contributed by atoms with Gasteiger partial charge in [-0.1, -0.05) is 36.5 Å². The highest BCUT2D eigenvalue weighted by Gasteiger charge is 2.10. The van der Waals surface area contributed by atoms with E-state index in [9.17, 15) is 9.59 Å².